The van der Waals surface area contributed by atoms with Crippen LogP contribution in [0.4, 0.5) is 16.2 Å². The molecule has 0 atom stereocenters. The van der Waals surface area contributed by atoms with Crippen molar-refractivity contribution in [2.24, 2.45) is 0 Å². The number of rotatable bonds is 4. The molecule has 1 aliphatic heterocycles. The molecule has 4 aromatic rings. The van der Waals surface area contributed by atoms with Gasteiger partial charge < -0.3 is 5.11 Å². The minimum absolute atomic E-state index is 0.00309. The van der Waals surface area contributed by atoms with Gasteiger partial charge in [-0.25, -0.2) is 27.0 Å². The molecule has 0 bridgehead atoms. The predicted molar refractivity (Wildman–Crippen MR) is 128 cm³/mol. The fourth-order valence-electron chi connectivity index (χ4n) is 4.09. The van der Waals surface area contributed by atoms with Crippen molar-refractivity contribution < 1.29 is 23.1 Å². The number of hydrogen-bond acceptors (Lipinski definition) is 5. The number of carbonyl (C=O) groups excluding carboxylic acids is 1. The number of anilines is 2. The molecule has 2 amide bonds. The third kappa shape index (κ3) is 3.24. The summed E-state index contributed by atoms with van der Waals surface area (Å²) in [5, 5.41) is 9.65. The van der Waals surface area contributed by atoms with Crippen molar-refractivity contribution >= 4 is 57.9 Å². The lowest BCUT2D eigenvalue weighted by molar-refractivity contribution is 0.0697. The summed E-state index contributed by atoms with van der Waals surface area (Å²) in [5.74, 6) is -1.07. The van der Waals surface area contributed by atoms with Crippen molar-refractivity contribution in [2.45, 2.75) is 11.4 Å². The first-order valence-electron chi connectivity index (χ1n) is 10.2. The van der Waals surface area contributed by atoms with E-state index in [2.05, 4.69) is 4.98 Å². The van der Waals surface area contributed by atoms with Crippen LogP contribution < -0.4 is 15.4 Å². The molecule has 1 aliphatic rings. The first kappa shape index (κ1) is 21.7. The maximum atomic E-state index is 13.3. The Labute approximate surface area is 196 Å². The molecule has 5 rings (SSSR count). The first-order valence-corrected chi connectivity index (χ1v) is 11.6. The van der Waals surface area contributed by atoms with Crippen LogP contribution in [0.1, 0.15) is 15.9 Å². The normalized spacial score (nSPS) is 13.9. The maximum absolute atomic E-state index is 13.3. The van der Waals surface area contributed by atoms with Gasteiger partial charge in [0.05, 0.1) is 28.9 Å². The minimum atomic E-state index is -4.00. The van der Waals surface area contributed by atoms with E-state index >= 15 is 0 Å². The molecule has 0 aliphatic carbocycles. The lowest BCUT2D eigenvalue weighted by Gasteiger charge is -2.35. The van der Waals surface area contributed by atoms with Gasteiger partial charge in [-0.05, 0) is 48.1 Å². The SMILES string of the molecule is [B]c1cc2c3c(cnc2n1S(=O)(=O)c1ccccc1)N(C)C(=O)N(c1ccc(C(=O)O)cc1)C3. The highest BCUT2D eigenvalue weighted by atomic mass is 32.2. The highest BCUT2D eigenvalue weighted by Crippen LogP contribution is 2.35. The number of carbonyl (C=O) groups is 2. The molecule has 2 aromatic carbocycles. The average Bonchev–Trinajstić information content (AvgIpc) is 3.18. The third-order valence-corrected chi connectivity index (χ3v) is 7.54. The second kappa shape index (κ2) is 7.74. The number of hydrogen-bond donors (Lipinski definition) is 1. The maximum Gasteiger partial charge on any atom is 0.335 e. The summed E-state index contributed by atoms with van der Waals surface area (Å²) in [6.45, 7) is 0.124. The Morgan fingerprint density at radius 3 is 2.41 bits per heavy atom. The highest BCUT2D eigenvalue weighted by molar-refractivity contribution is 7.90. The number of benzene rings is 2. The monoisotopic (exact) mass is 472 g/mol. The van der Waals surface area contributed by atoms with Crippen molar-refractivity contribution in [3.63, 3.8) is 0 Å². The summed E-state index contributed by atoms with van der Waals surface area (Å²) in [5.41, 5.74) is 1.96. The zero-order valence-corrected chi connectivity index (χ0v) is 18.7. The summed E-state index contributed by atoms with van der Waals surface area (Å²) in [4.78, 5) is 31.5. The molecule has 0 saturated heterocycles. The van der Waals surface area contributed by atoms with E-state index in [1.54, 1.807) is 37.4 Å². The van der Waals surface area contributed by atoms with E-state index in [9.17, 15) is 18.0 Å². The second-order valence-electron chi connectivity index (χ2n) is 7.79. The molecule has 34 heavy (non-hydrogen) atoms. The van der Waals surface area contributed by atoms with Crippen molar-refractivity contribution in [1.82, 2.24) is 8.96 Å². The molecule has 1 N–H and O–H groups in total. The summed E-state index contributed by atoms with van der Waals surface area (Å²) in [6.07, 6.45) is 1.46. The van der Waals surface area contributed by atoms with E-state index < -0.39 is 16.0 Å². The van der Waals surface area contributed by atoms with Crippen LogP contribution in [-0.4, -0.2) is 49.4 Å². The van der Waals surface area contributed by atoms with Gasteiger partial charge in [-0.2, -0.15) is 0 Å². The van der Waals surface area contributed by atoms with Crippen LogP contribution in [0.3, 0.4) is 0 Å². The Balaban J connectivity index is 1.65. The standard InChI is InChI=1S/C23H17BN4O5S/c1-26-19-12-25-21-17(11-20(24)28(21)34(32,33)16-5-3-2-4-6-16)18(19)13-27(23(26)31)15-9-7-14(8-10-15)22(29)30/h2-12H,13H2,1H3,(H,29,30). The van der Waals surface area contributed by atoms with E-state index in [0.29, 0.717) is 22.3 Å². The van der Waals surface area contributed by atoms with E-state index in [0.717, 1.165) is 3.97 Å². The number of pyridine rings is 1. The average molecular weight is 472 g/mol. The molecular weight excluding hydrogens is 455 g/mol. The van der Waals surface area contributed by atoms with Crippen LogP contribution in [0.25, 0.3) is 11.0 Å². The Morgan fingerprint density at radius 2 is 1.76 bits per heavy atom. The number of carboxylic acid groups (broad SMARTS) is 1. The van der Waals surface area contributed by atoms with E-state index in [1.165, 1.54) is 46.3 Å². The number of amides is 2. The molecule has 3 heterocycles. The molecule has 0 saturated carbocycles. The Kier molecular flexibility index (Phi) is 4.94. The van der Waals surface area contributed by atoms with Crippen molar-refractivity contribution in [1.29, 1.82) is 0 Å². The van der Waals surface area contributed by atoms with Crippen LogP contribution in [0.2, 0.25) is 0 Å². The molecule has 0 fully saturated rings. The van der Waals surface area contributed by atoms with Gasteiger partial charge in [-0.1, -0.05) is 18.2 Å². The first-order chi connectivity index (χ1) is 16.2. The summed E-state index contributed by atoms with van der Waals surface area (Å²) in [7, 11) is 3.74. The number of carboxylic acids is 1. The predicted octanol–water partition coefficient (Wildman–Crippen LogP) is 2.34. The van der Waals surface area contributed by atoms with Gasteiger partial charge in [0.25, 0.3) is 10.0 Å². The van der Waals surface area contributed by atoms with Crippen LogP contribution in [0.15, 0.2) is 71.8 Å². The number of fused-ring (bicyclic) bond motifs is 3. The summed E-state index contributed by atoms with van der Waals surface area (Å²) in [6, 6.07) is 15.1. The zero-order valence-electron chi connectivity index (χ0n) is 17.9. The molecule has 0 spiro atoms. The van der Waals surface area contributed by atoms with E-state index in [-0.39, 0.29) is 34.3 Å². The molecule has 2 radical (unpaired) electrons. The molecule has 2 aromatic heterocycles. The smallest absolute Gasteiger partial charge is 0.335 e. The van der Waals surface area contributed by atoms with Gasteiger partial charge in [-0.3, -0.25) is 9.80 Å². The number of nitrogens with zero attached hydrogens (tertiary/aromatic N) is 4. The van der Waals surface area contributed by atoms with Gasteiger partial charge in [0, 0.05) is 23.7 Å². The van der Waals surface area contributed by atoms with E-state index in [1.807, 2.05) is 0 Å². The van der Waals surface area contributed by atoms with Crippen molar-refractivity contribution in [2.75, 3.05) is 16.8 Å². The van der Waals surface area contributed by atoms with Gasteiger partial charge >= 0.3 is 12.0 Å². The van der Waals surface area contributed by atoms with Gasteiger partial charge in [0.15, 0.2) is 5.65 Å². The van der Waals surface area contributed by atoms with Gasteiger partial charge in [-0.15, -0.1) is 0 Å². The second-order valence-corrected chi connectivity index (χ2v) is 9.58. The number of aromatic carboxylic acids is 1. The summed E-state index contributed by atoms with van der Waals surface area (Å²) >= 11 is 0. The molecule has 9 nitrogen and oxygen atoms in total. The van der Waals surface area contributed by atoms with E-state index in [4.69, 9.17) is 13.0 Å². The fraction of sp³-hybridized carbons (Fsp3) is 0.0870. The topological polar surface area (TPSA) is 113 Å². The largest absolute Gasteiger partial charge is 0.478 e. The van der Waals surface area contributed by atoms with Crippen molar-refractivity contribution in [3.05, 3.63) is 78.0 Å². The Bertz CT molecular complexity index is 1570. The summed E-state index contributed by atoms with van der Waals surface area (Å²) < 4.78 is 27.6. The van der Waals surface area contributed by atoms with Crippen LogP contribution in [0, 0.1) is 0 Å². The molecule has 11 heteroatoms. The fourth-order valence-corrected chi connectivity index (χ4v) is 5.50. The Morgan fingerprint density at radius 1 is 1.09 bits per heavy atom. The molecule has 0 unspecified atom stereocenters. The molecule has 168 valence electrons. The number of urea groups is 1. The lowest BCUT2D eigenvalue weighted by atomic mass is 10.0. The highest BCUT2D eigenvalue weighted by Gasteiger charge is 2.32. The van der Waals surface area contributed by atoms with Crippen molar-refractivity contribution in [3.8, 4) is 0 Å². The van der Waals surface area contributed by atoms with Gasteiger partial charge in [0.2, 0.25) is 0 Å². The van der Waals surface area contributed by atoms with Crippen LogP contribution in [0.5, 0.6) is 0 Å². The van der Waals surface area contributed by atoms with Crippen LogP contribution >= 0.6 is 0 Å². The third-order valence-electron chi connectivity index (χ3n) is 5.81. The quantitative estimate of drug-likeness (QED) is 0.457. The molecular formula is C23H17BN4O5S. The zero-order chi connectivity index (χ0) is 24.2. The lowest BCUT2D eigenvalue weighted by Crippen LogP contribution is -2.45. The number of aromatic nitrogens is 2. The van der Waals surface area contributed by atoms with Crippen LogP contribution in [-0.2, 0) is 16.6 Å². The van der Waals surface area contributed by atoms with Gasteiger partial charge in [0.1, 0.15) is 7.85 Å². The Hall–Kier alpha value is -4.12. The minimum Gasteiger partial charge on any atom is -0.478 e.